The van der Waals surface area contributed by atoms with Gasteiger partial charge in [0.1, 0.15) is 12.4 Å². The minimum absolute atomic E-state index is 0.128. The molecule has 17 heavy (non-hydrogen) atoms. The molecule has 2 rings (SSSR count). The van der Waals surface area contributed by atoms with Crippen molar-refractivity contribution in [1.29, 1.82) is 0 Å². The Bertz CT molecular complexity index is 487. The van der Waals surface area contributed by atoms with Crippen LogP contribution in [0, 0.1) is 5.82 Å². The molecule has 0 atom stereocenters. The fourth-order valence-electron chi connectivity index (χ4n) is 1.29. The molecule has 88 valence electrons. The van der Waals surface area contributed by atoms with Crippen LogP contribution in [0.1, 0.15) is 11.3 Å². The summed E-state index contributed by atoms with van der Waals surface area (Å²) in [6.07, 6.45) is 3.01. The summed E-state index contributed by atoms with van der Waals surface area (Å²) in [5.41, 5.74) is 6.56. The lowest BCUT2D eigenvalue weighted by Gasteiger charge is -2.05. The van der Waals surface area contributed by atoms with Crippen molar-refractivity contribution < 1.29 is 9.13 Å². The van der Waals surface area contributed by atoms with Gasteiger partial charge in [0.05, 0.1) is 18.1 Å². The zero-order chi connectivity index (χ0) is 12.1. The van der Waals surface area contributed by atoms with Crippen LogP contribution in [0.15, 0.2) is 36.7 Å². The van der Waals surface area contributed by atoms with E-state index in [0.717, 1.165) is 0 Å². The lowest BCUT2D eigenvalue weighted by Crippen LogP contribution is -2.03. The smallest absolute Gasteiger partial charge is 0.232 e. The van der Waals surface area contributed by atoms with Crippen molar-refractivity contribution in [1.82, 2.24) is 9.97 Å². The van der Waals surface area contributed by atoms with Crippen molar-refractivity contribution in [3.63, 3.8) is 0 Å². The molecule has 0 saturated heterocycles. The first-order valence-electron chi connectivity index (χ1n) is 5.17. The van der Waals surface area contributed by atoms with Crippen molar-refractivity contribution in [3.8, 4) is 5.88 Å². The highest BCUT2D eigenvalue weighted by atomic mass is 19.1. The highest BCUT2D eigenvalue weighted by Gasteiger charge is 2.02. The minimum atomic E-state index is -0.293. The maximum absolute atomic E-state index is 13.3. The normalized spacial score (nSPS) is 10.2. The molecule has 0 saturated carbocycles. The second-order valence-electron chi connectivity index (χ2n) is 3.43. The highest BCUT2D eigenvalue weighted by molar-refractivity contribution is 5.17. The molecule has 0 bridgehead atoms. The fourth-order valence-corrected chi connectivity index (χ4v) is 1.29. The van der Waals surface area contributed by atoms with E-state index >= 15 is 0 Å². The summed E-state index contributed by atoms with van der Waals surface area (Å²) in [5, 5.41) is 0. The van der Waals surface area contributed by atoms with Crippen molar-refractivity contribution >= 4 is 0 Å². The molecule has 0 amide bonds. The molecule has 2 N–H and O–H groups in total. The number of rotatable bonds is 4. The Morgan fingerprint density at radius 3 is 2.65 bits per heavy atom. The van der Waals surface area contributed by atoms with Crippen LogP contribution < -0.4 is 10.5 Å². The van der Waals surface area contributed by atoms with E-state index in [2.05, 4.69) is 9.97 Å². The van der Waals surface area contributed by atoms with Crippen LogP contribution in [0.2, 0.25) is 0 Å². The van der Waals surface area contributed by atoms with Crippen LogP contribution in [0.25, 0.3) is 0 Å². The predicted molar refractivity (Wildman–Crippen MR) is 60.7 cm³/mol. The largest absolute Gasteiger partial charge is 0.472 e. The summed E-state index contributed by atoms with van der Waals surface area (Å²) in [6, 6.07) is 6.44. The SMILES string of the molecule is NCc1cnc(OCc2ccccc2F)cn1. The lowest BCUT2D eigenvalue weighted by molar-refractivity contribution is 0.286. The molecule has 0 aliphatic heterocycles. The van der Waals surface area contributed by atoms with Crippen LogP contribution in [-0.2, 0) is 13.2 Å². The average molecular weight is 233 g/mol. The van der Waals surface area contributed by atoms with Gasteiger partial charge in [-0.2, -0.15) is 0 Å². The first-order valence-corrected chi connectivity index (χ1v) is 5.17. The molecule has 0 radical (unpaired) electrons. The van der Waals surface area contributed by atoms with Gasteiger partial charge in [-0.15, -0.1) is 0 Å². The van der Waals surface area contributed by atoms with Gasteiger partial charge in [-0.1, -0.05) is 18.2 Å². The number of nitrogens with zero attached hydrogens (tertiary/aromatic N) is 2. The fraction of sp³-hybridized carbons (Fsp3) is 0.167. The van der Waals surface area contributed by atoms with Crippen LogP contribution in [0.3, 0.4) is 0 Å². The molecule has 1 heterocycles. The van der Waals surface area contributed by atoms with E-state index in [1.807, 2.05) is 0 Å². The third-order valence-corrected chi connectivity index (χ3v) is 2.22. The molecule has 1 aromatic carbocycles. The average Bonchev–Trinajstić information content (AvgIpc) is 2.38. The molecular formula is C12H12FN3O. The number of hydrogen-bond donors (Lipinski definition) is 1. The molecule has 5 heteroatoms. The molecule has 0 spiro atoms. The number of hydrogen-bond acceptors (Lipinski definition) is 4. The van der Waals surface area contributed by atoms with Gasteiger partial charge in [0.2, 0.25) is 5.88 Å². The number of benzene rings is 1. The molecule has 0 fully saturated rings. The van der Waals surface area contributed by atoms with Crippen molar-refractivity contribution in [2.24, 2.45) is 5.73 Å². The van der Waals surface area contributed by atoms with Crippen molar-refractivity contribution in [2.45, 2.75) is 13.2 Å². The number of nitrogens with two attached hydrogens (primary N) is 1. The van der Waals surface area contributed by atoms with Crippen LogP contribution in [0.4, 0.5) is 4.39 Å². The zero-order valence-electron chi connectivity index (χ0n) is 9.14. The van der Waals surface area contributed by atoms with Gasteiger partial charge in [0.25, 0.3) is 0 Å². The summed E-state index contributed by atoms with van der Waals surface area (Å²) >= 11 is 0. The van der Waals surface area contributed by atoms with E-state index in [0.29, 0.717) is 23.7 Å². The van der Waals surface area contributed by atoms with E-state index in [-0.39, 0.29) is 12.4 Å². The van der Waals surface area contributed by atoms with E-state index in [4.69, 9.17) is 10.5 Å². The maximum atomic E-state index is 13.3. The van der Waals surface area contributed by atoms with E-state index in [9.17, 15) is 4.39 Å². The van der Waals surface area contributed by atoms with Gasteiger partial charge < -0.3 is 10.5 Å². The Balaban J connectivity index is 2.00. The van der Waals surface area contributed by atoms with Crippen LogP contribution in [0.5, 0.6) is 5.88 Å². The summed E-state index contributed by atoms with van der Waals surface area (Å²) in [5.74, 6) is 0.0597. The number of aromatic nitrogens is 2. The van der Waals surface area contributed by atoms with Crippen molar-refractivity contribution in [2.75, 3.05) is 0 Å². The molecular weight excluding hydrogens is 221 g/mol. The van der Waals surface area contributed by atoms with Gasteiger partial charge in [-0.25, -0.2) is 9.37 Å². The topological polar surface area (TPSA) is 61.0 Å². The molecule has 1 aromatic heterocycles. The van der Waals surface area contributed by atoms with E-state index in [1.165, 1.54) is 18.5 Å². The van der Waals surface area contributed by atoms with Crippen molar-refractivity contribution in [3.05, 3.63) is 53.7 Å². The van der Waals surface area contributed by atoms with Gasteiger partial charge in [0, 0.05) is 12.1 Å². The standard InChI is InChI=1S/C12H12FN3O/c13-11-4-2-1-3-9(11)8-17-12-7-15-10(5-14)6-16-12/h1-4,6-7H,5,8,14H2. The third-order valence-electron chi connectivity index (χ3n) is 2.22. The molecule has 4 nitrogen and oxygen atoms in total. The summed E-state index contributed by atoms with van der Waals surface area (Å²) in [4.78, 5) is 8.03. The first-order chi connectivity index (χ1) is 8.29. The molecule has 0 aliphatic carbocycles. The zero-order valence-corrected chi connectivity index (χ0v) is 9.14. The van der Waals surface area contributed by atoms with Gasteiger partial charge in [0.15, 0.2) is 0 Å². The summed E-state index contributed by atoms with van der Waals surface area (Å²) in [7, 11) is 0. The molecule has 0 unspecified atom stereocenters. The third kappa shape index (κ3) is 2.98. The second kappa shape index (κ2) is 5.36. The monoisotopic (exact) mass is 233 g/mol. The minimum Gasteiger partial charge on any atom is -0.472 e. The predicted octanol–water partition coefficient (Wildman–Crippen LogP) is 1.65. The summed E-state index contributed by atoms with van der Waals surface area (Å²) < 4.78 is 18.6. The Hall–Kier alpha value is -2.01. The number of halogens is 1. The van der Waals surface area contributed by atoms with Gasteiger partial charge in [-0.3, -0.25) is 4.98 Å². The summed E-state index contributed by atoms with van der Waals surface area (Å²) in [6.45, 7) is 0.462. The van der Waals surface area contributed by atoms with E-state index < -0.39 is 0 Å². The Morgan fingerprint density at radius 1 is 1.18 bits per heavy atom. The Morgan fingerprint density at radius 2 is 2.00 bits per heavy atom. The van der Waals surface area contributed by atoms with Gasteiger partial charge >= 0.3 is 0 Å². The Kier molecular flexibility index (Phi) is 3.62. The van der Waals surface area contributed by atoms with Gasteiger partial charge in [-0.05, 0) is 6.07 Å². The Labute approximate surface area is 98.3 Å². The maximum Gasteiger partial charge on any atom is 0.232 e. The lowest BCUT2D eigenvalue weighted by atomic mass is 10.2. The van der Waals surface area contributed by atoms with Crippen LogP contribution >= 0.6 is 0 Å². The second-order valence-corrected chi connectivity index (χ2v) is 3.43. The quantitative estimate of drug-likeness (QED) is 0.872. The first kappa shape index (κ1) is 11.5. The highest BCUT2D eigenvalue weighted by Crippen LogP contribution is 2.10. The number of ether oxygens (including phenoxy) is 1. The van der Waals surface area contributed by atoms with E-state index in [1.54, 1.807) is 18.2 Å². The van der Waals surface area contributed by atoms with Crippen LogP contribution in [-0.4, -0.2) is 9.97 Å². The molecule has 2 aromatic rings. The molecule has 0 aliphatic rings.